The molecule has 0 radical (unpaired) electrons. The molecule has 1 heterocycles. The predicted octanol–water partition coefficient (Wildman–Crippen LogP) is 4.53. The molecule has 3 rings (SSSR count). The highest BCUT2D eigenvalue weighted by atomic mass is 32.1. The van der Waals surface area contributed by atoms with Crippen molar-refractivity contribution in [3.63, 3.8) is 0 Å². The molecular formula is C21H23FN2O2S. The first-order valence-corrected chi connectivity index (χ1v) is 9.59. The van der Waals surface area contributed by atoms with Gasteiger partial charge in [-0.1, -0.05) is 50.3 Å². The molecule has 4 nitrogen and oxygen atoms in total. The summed E-state index contributed by atoms with van der Waals surface area (Å²) in [6.07, 6.45) is 0. The van der Waals surface area contributed by atoms with Crippen molar-refractivity contribution in [2.24, 2.45) is 4.99 Å². The second-order valence-corrected chi connectivity index (χ2v) is 8.37. The Morgan fingerprint density at radius 1 is 1.19 bits per heavy atom. The maximum absolute atomic E-state index is 14.3. The minimum absolute atomic E-state index is 0.0187. The van der Waals surface area contributed by atoms with Gasteiger partial charge in [-0.15, -0.1) is 0 Å². The van der Waals surface area contributed by atoms with Gasteiger partial charge in [0, 0.05) is 19.2 Å². The van der Waals surface area contributed by atoms with Gasteiger partial charge >= 0.3 is 0 Å². The first-order chi connectivity index (χ1) is 12.8. The van der Waals surface area contributed by atoms with Gasteiger partial charge in [-0.05, 0) is 35.2 Å². The fraction of sp³-hybridized carbons (Fsp3) is 0.333. The van der Waals surface area contributed by atoms with Crippen LogP contribution in [0.3, 0.4) is 0 Å². The van der Waals surface area contributed by atoms with Crippen LogP contribution >= 0.6 is 11.3 Å². The van der Waals surface area contributed by atoms with Gasteiger partial charge in [-0.3, -0.25) is 4.79 Å². The van der Waals surface area contributed by atoms with E-state index in [2.05, 4.69) is 25.8 Å². The fourth-order valence-corrected chi connectivity index (χ4v) is 3.90. The van der Waals surface area contributed by atoms with E-state index in [4.69, 9.17) is 4.74 Å². The molecule has 142 valence electrons. The van der Waals surface area contributed by atoms with Crippen LogP contribution in [-0.2, 0) is 16.7 Å². The van der Waals surface area contributed by atoms with Crippen LogP contribution in [-0.4, -0.2) is 24.2 Å². The molecule has 0 atom stereocenters. The van der Waals surface area contributed by atoms with Crippen LogP contribution in [0.1, 0.15) is 36.7 Å². The number of halogens is 1. The summed E-state index contributed by atoms with van der Waals surface area (Å²) in [5.74, 6) is -0.670. The highest BCUT2D eigenvalue weighted by molar-refractivity contribution is 7.16. The monoisotopic (exact) mass is 386 g/mol. The molecule has 0 bridgehead atoms. The molecular weight excluding hydrogens is 363 g/mol. The molecule has 1 amide bonds. The zero-order chi connectivity index (χ0) is 19.6. The fourth-order valence-electron chi connectivity index (χ4n) is 2.83. The van der Waals surface area contributed by atoms with Crippen molar-refractivity contribution in [1.82, 2.24) is 4.57 Å². The summed E-state index contributed by atoms with van der Waals surface area (Å²) < 4.78 is 21.9. The maximum Gasteiger partial charge on any atom is 0.279 e. The summed E-state index contributed by atoms with van der Waals surface area (Å²) in [7, 11) is 1.59. The third-order valence-electron chi connectivity index (χ3n) is 4.37. The van der Waals surface area contributed by atoms with Crippen LogP contribution in [0, 0.1) is 5.82 Å². The zero-order valence-corrected chi connectivity index (χ0v) is 16.8. The lowest BCUT2D eigenvalue weighted by atomic mass is 9.87. The van der Waals surface area contributed by atoms with Gasteiger partial charge in [0.15, 0.2) is 4.80 Å². The lowest BCUT2D eigenvalue weighted by Gasteiger charge is -2.18. The van der Waals surface area contributed by atoms with Gasteiger partial charge in [0.1, 0.15) is 5.82 Å². The Hall–Kier alpha value is -2.31. The summed E-state index contributed by atoms with van der Waals surface area (Å²) in [4.78, 5) is 17.4. The molecule has 0 aliphatic rings. The van der Waals surface area contributed by atoms with Gasteiger partial charge in [0.25, 0.3) is 5.91 Å². The Balaban J connectivity index is 2.04. The molecule has 2 aromatic carbocycles. The smallest absolute Gasteiger partial charge is 0.279 e. The number of methoxy groups -OCH3 is 1. The van der Waals surface area contributed by atoms with E-state index in [1.807, 2.05) is 18.2 Å². The van der Waals surface area contributed by atoms with Gasteiger partial charge in [0.2, 0.25) is 0 Å². The van der Waals surface area contributed by atoms with Gasteiger partial charge < -0.3 is 9.30 Å². The third-order valence-corrected chi connectivity index (χ3v) is 5.41. The van der Waals surface area contributed by atoms with Crippen LogP contribution in [0.4, 0.5) is 4.39 Å². The summed E-state index contributed by atoms with van der Waals surface area (Å²) in [6.45, 7) is 7.20. The van der Waals surface area contributed by atoms with E-state index >= 15 is 0 Å². The molecule has 1 aromatic heterocycles. The molecule has 0 aliphatic carbocycles. The Kier molecular flexibility index (Phi) is 5.58. The van der Waals surface area contributed by atoms with Gasteiger partial charge in [-0.25, -0.2) is 4.39 Å². The summed E-state index contributed by atoms with van der Waals surface area (Å²) >= 11 is 1.30. The van der Waals surface area contributed by atoms with E-state index in [1.165, 1.54) is 17.4 Å². The van der Waals surface area contributed by atoms with Gasteiger partial charge in [-0.2, -0.15) is 4.99 Å². The topological polar surface area (TPSA) is 43.6 Å². The van der Waals surface area contributed by atoms with Crippen molar-refractivity contribution in [3.8, 4) is 0 Å². The number of nitrogens with zero attached hydrogens (tertiary/aromatic N) is 2. The van der Waals surface area contributed by atoms with E-state index in [-0.39, 0.29) is 17.1 Å². The Morgan fingerprint density at radius 2 is 1.89 bits per heavy atom. The largest absolute Gasteiger partial charge is 0.383 e. The minimum atomic E-state index is -0.339. The molecule has 0 aliphatic heterocycles. The normalized spacial score (nSPS) is 12.7. The summed E-state index contributed by atoms with van der Waals surface area (Å²) in [6, 6.07) is 12.4. The van der Waals surface area contributed by atoms with E-state index in [1.54, 1.807) is 29.9 Å². The molecule has 0 N–H and O–H groups in total. The van der Waals surface area contributed by atoms with Crippen LogP contribution in [0.2, 0.25) is 0 Å². The lowest BCUT2D eigenvalue weighted by molar-refractivity contribution is 0.0997. The number of benzene rings is 2. The Morgan fingerprint density at radius 3 is 2.52 bits per heavy atom. The minimum Gasteiger partial charge on any atom is -0.383 e. The van der Waals surface area contributed by atoms with Crippen LogP contribution in [0.25, 0.3) is 10.2 Å². The number of hydrogen-bond donors (Lipinski definition) is 0. The van der Waals surface area contributed by atoms with E-state index < -0.39 is 0 Å². The molecule has 3 aromatic rings. The second kappa shape index (κ2) is 7.74. The molecule has 0 saturated heterocycles. The van der Waals surface area contributed by atoms with Gasteiger partial charge in [0.05, 0.1) is 16.8 Å². The van der Waals surface area contributed by atoms with Crippen molar-refractivity contribution >= 4 is 27.5 Å². The van der Waals surface area contributed by atoms with E-state index in [0.717, 1.165) is 10.3 Å². The van der Waals surface area contributed by atoms with Crippen LogP contribution in [0.5, 0.6) is 0 Å². The second-order valence-electron chi connectivity index (χ2n) is 7.36. The third kappa shape index (κ3) is 4.17. The number of hydrogen-bond acceptors (Lipinski definition) is 3. The SMILES string of the molecule is COCCn1c(=NC(=O)c2ccc(C(C)(C)C)cc2)sc2cccc(F)c21. The predicted molar refractivity (Wildman–Crippen MR) is 107 cm³/mol. The molecule has 6 heteroatoms. The average Bonchev–Trinajstić information content (AvgIpc) is 2.97. The number of amides is 1. The van der Waals surface area contributed by atoms with E-state index in [0.29, 0.717) is 29.0 Å². The lowest BCUT2D eigenvalue weighted by Crippen LogP contribution is -2.20. The highest BCUT2D eigenvalue weighted by Gasteiger charge is 2.15. The van der Waals surface area contributed by atoms with Crippen molar-refractivity contribution in [3.05, 3.63) is 64.2 Å². The number of aromatic nitrogens is 1. The molecule has 0 saturated carbocycles. The number of ether oxygens (including phenoxy) is 1. The molecule has 0 unspecified atom stereocenters. The van der Waals surface area contributed by atoms with E-state index in [9.17, 15) is 9.18 Å². The van der Waals surface area contributed by atoms with Crippen LogP contribution < -0.4 is 4.80 Å². The quantitative estimate of drug-likeness (QED) is 0.661. The number of carbonyl (C=O) groups excluding carboxylic acids is 1. The van der Waals surface area contributed by atoms with Crippen molar-refractivity contribution in [2.75, 3.05) is 13.7 Å². The van der Waals surface area contributed by atoms with Crippen LogP contribution in [0.15, 0.2) is 47.5 Å². The Labute approximate surface area is 161 Å². The first-order valence-electron chi connectivity index (χ1n) is 8.77. The Bertz CT molecular complexity index is 1030. The average molecular weight is 386 g/mol. The first kappa shape index (κ1) is 19.5. The number of fused-ring (bicyclic) bond motifs is 1. The number of rotatable bonds is 4. The summed E-state index contributed by atoms with van der Waals surface area (Å²) in [5, 5.41) is 0. The van der Waals surface area contributed by atoms with Crippen molar-refractivity contribution < 1.29 is 13.9 Å². The molecule has 27 heavy (non-hydrogen) atoms. The number of para-hydroxylation sites is 1. The number of thiazole rings is 1. The molecule has 0 fully saturated rings. The molecule has 0 spiro atoms. The number of carbonyl (C=O) groups is 1. The highest BCUT2D eigenvalue weighted by Crippen LogP contribution is 2.23. The maximum atomic E-state index is 14.3. The zero-order valence-electron chi connectivity index (χ0n) is 16.0. The van der Waals surface area contributed by atoms with Crippen molar-refractivity contribution in [2.45, 2.75) is 32.7 Å². The standard InChI is InChI=1S/C21H23FN2O2S/c1-21(2,3)15-10-8-14(9-11-15)19(25)23-20-24(12-13-26-4)18-16(22)6-5-7-17(18)27-20/h5-11H,12-13H2,1-4H3. The summed E-state index contributed by atoms with van der Waals surface area (Å²) in [5.41, 5.74) is 2.14. The van der Waals surface area contributed by atoms with Crippen molar-refractivity contribution in [1.29, 1.82) is 0 Å².